The molecule has 1 aromatic carbocycles. The van der Waals surface area contributed by atoms with Crippen LogP contribution in [0.1, 0.15) is 78.0 Å². The highest BCUT2D eigenvalue weighted by Gasteiger charge is 2.48. The van der Waals surface area contributed by atoms with Crippen molar-refractivity contribution in [2.24, 2.45) is 5.41 Å². The van der Waals surface area contributed by atoms with E-state index in [2.05, 4.69) is 81.7 Å². The van der Waals surface area contributed by atoms with Crippen LogP contribution in [0.5, 0.6) is 0 Å². The Kier molecular flexibility index (Phi) is 7.78. The molecule has 2 N–H and O–H groups in total. The molecule has 3 nitrogen and oxygen atoms in total. The van der Waals surface area contributed by atoms with Crippen molar-refractivity contribution >= 4 is 30.9 Å². The molecular formula is C27H39F3INO2Si. The molecule has 35 heavy (non-hydrogen) atoms. The van der Waals surface area contributed by atoms with Crippen LogP contribution in [0.15, 0.2) is 45.2 Å². The number of aliphatic hydroxyl groups is 1. The van der Waals surface area contributed by atoms with Crippen molar-refractivity contribution in [1.82, 2.24) is 5.32 Å². The number of hydrogen-bond acceptors (Lipinski definition) is 3. The summed E-state index contributed by atoms with van der Waals surface area (Å²) in [7, 11) is -2.03. The highest BCUT2D eigenvalue weighted by atomic mass is 127. The predicted molar refractivity (Wildman–Crippen MR) is 147 cm³/mol. The van der Waals surface area contributed by atoms with Gasteiger partial charge in [-0.25, -0.2) is 0 Å². The summed E-state index contributed by atoms with van der Waals surface area (Å²) < 4.78 is 47.1. The Labute approximate surface area is 222 Å². The van der Waals surface area contributed by atoms with Crippen molar-refractivity contribution in [2.45, 2.75) is 103 Å². The van der Waals surface area contributed by atoms with E-state index < -0.39 is 31.7 Å². The Balaban J connectivity index is 1.99. The summed E-state index contributed by atoms with van der Waals surface area (Å²) in [6, 6.07) is 4.84. The molecule has 0 saturated carbocycles. The Bertz CT molecular complexity index is 1010. The van der Waals surface area contributed by atoms with Gasteiger partial charge in [-0.15, -0.1) is 0 Å². The number of benzene rings is 1. The summed E-state index contributed by atoms with van der Waals surface area (Å²) in [5.74, 6) is 0. The van der Waals surface area contributed by atoms with Gasteiger partial charge in [0.2, 0.25) is 0 Å². The summed E-state index contributed by atoms with van der Waals surface area (Å²) in [6.07, 6.45) is -1.08. The summed E-state index contributed by atoms with van der Waals surface area (Å²) >= 11 is 2.35. The number of aliphatic hydroxyl groups excluding tert-OH is 1. The van der Waals surface area contributed by atoms with Gasteiger partial charge >= 0.3 is 6.18 Å². The van der Waals surface area contributed by atoms with Gasteiger partial charge < -0.3 is 14.8 Å². The zero-order valence-electron chi connectivity index (χ0n) is 22.0. The van der Waals surface area contributed by atoms with Crippen LogP contribution in [0.3, 0.4) is 0 Å². The van der Waals surface area contributed by atoms with Gasteiger partial charge in [-0.3, -0.25) is 0 Å². The normalized spacial score (nSPS) is 26.1. The Morgan fingerprint density at radius 2 is 1.74 bits per heavy atom. The molecule has 0 bridgehead atoms. The lowest BCUT2D eigenvalue weighted by atomic mass is 9.71. The molecule has 8 heteroatoms. The second kappa shape index (κ2) is 9.47. The van der Waals surface area contributed by atoms with E-state index in [-0.39, 0.29) is 16.6 Å². The Hall–Kier alpha value is -0.843. The first kappa shape index (κ1) is 28.7. The van der Waals surface area contributed by atoms with Gasteiger partial charge in [0.1, 0.15) is 6.10 Å². The first-order valence-corrected chi connectivity index (χ1v) is 16.2. The molecule has 0 radical (unpaired) electrons. The number of hydrogen-bond donors (Lipinski definition) is 2. The van der Waals surface area contributed by atoms with Crippen LogP contribution in [0.25, 0.3) is 0 Å². The average molecular weight is 622 g/mol. The lowest BCUT2D eigenvalue weighted by Crippen LogP contribution is -2.54. The predicted octanol–water partition coefficient (Wildman–Crippen LogP) is 8.27. The minimum atomic E-state index is -4.41. The molecule has 0 saturated heterocycles. The third-order valence-corrected chi connectivity index (χ3v) is 13.3. The number of allylic oxidation sites excluding steroid dienone is 1. The average Bonchev–Trinajstić information content (AvgIpc) is 2.69. The molecule has 0 fully saturated rings. The fraction of sp³-hybridized carbons (Fsp3) is 0.630. The maximum atomic E-state index is 13.1. The molecule has 3 rings (SSSR count). The van der Waals surface area contributed by atoms with Crippen molar-refractivity contribution in [3.05, 3.63) is 56.3 Å². The first-order valence-electron chi connectivity index (χ1n) is 12.2. The van der Waals surface area contributed by atoms with E-state index in [4.69, 9.17) is 4.43 Å². The molecule has 1 aliphatic heterocycles. The van der Waals surface area contributed by atoms with E-state index in [0.717, 1.165) is 34.3 Å². The summed E-state index contributed by atoms with van der Waals surface area (Å²) in [6.45, 7) is 17.7. The summed E-state index contributed by atoms with van der Waals surface area (Å²) in [4.78, 5) is 0. The number of dihydropyridines is 1. The van der Waals surface area contributed by atoms with Gasteiger partial charge in [-0.2, -0.15) is 13.2 Å². The van der Waals surface area contributed by atoms with Gasteiger partial charge in [0.15, 0.2) is 8.32 Å². The lowest BCUT2D eigenvalue weighted by Gasteiger charge is -2.49. The molecule has 3 atom stereocenters. The highest BCUT2D eigenvalue weighted by Crippen LogP contribution is 2.50. The molecule has 0 amide bonds. The molecule has 0 spiro atoms. The Morgan fingerprint density at radius 1 is 1.17 bits per heavy atom. The molecular weight excluding hydrogens is 582 g/mol. The largest absolute Gasteiger partial charge is 0.416 e. The smallest absolute Gasteiger partial charge is 0.410 e. The van der Waals surface area contributed by atoms with Crippen molar-refractivity contribution in [2.75, 3.05) is 0 Å². The van der Waals surface area contributed by atoms with Crippen LogP contribution < -0.4 is 5.32 Å². The lowest BCUT2D eigenvalue weighted by molar-refractivity contribution is -0.137. The molecule has 2 unspecified atom stereocenters. The van der Waals surface area contributed by atoms with Gasteiger partial charge in [0.05, 0.1) is 17.2 Å². The molecule has 196 valence electrons. The van der Waals surface area contributed by atoms with Gasteiger partial charge in [-0.1, -0.05) is 53.7 Å². The van der Waals surface area contributed by atoms with Crippen molar-refractivity contribution in [3.63, 3.8) is 0 Å². The number of alkyl halides is 3. The number of rotatable bonds is 5. The molecule has 2 aliphatic rings. The topological polar surface area (TPSA) is 41.5 Å². The number of nitrogens with one attached hydrogen (secondary N) is 1. The fourth-order valence-corrected chi connectivity index (χ4v) is 7.29. The zero-order chi connectivity index (χ0) is 26.6. The SMILES string of the molecule is CCC1([C@@H](O)c2ccc(C(F)(F)F)cc2)C=C(I)C2=C(CC(C)(C)CC2O[Si](C)(C)C(C)(C)C)N1. The van der Waals surface area contributed by atoms with Crippen LogP contribution in [0.4, 0.5) is 13.2 Å². The van der Waals surface area contributed by atoms with Crippen LogP contribution in [0, 0.1) is 5.41 Å². The highest BCUT2D eigenvalue weighted by molar-refractivity contribution is 14.1. The fourth-order valence-electron chi connectivity index (χ4n) is 4.79. The van der Waals surface area contributed by atoms with E-state index in [1.54, 1.807) is 0 Å². The van der Waals surface area contributed by atoms with Crippen molar-refractivity contribution < 1.29 is 22.7 Å². The minimum Gasteiger partial charge on any atom is -0.410 e. The zero-order valence-corrected chi connectivity index (χ0v) is 25.2. The van der Waals surface area contributed by atoms with Crippen molar-refractivity contribution in [1.29, 1.82) is 0 Å². The molecule has 1 aromatic rings. The van der Waals surface area contributed by atoms with E-state index >= 15 is 0 Å². The third-order valence-electron chi connectivity index (χ3n) is 7.94. The second-order valence-electron chi connectivity index (χ2n) is 12.3. The van der Waals surface area contributed by atoms with E-state index in [0.29, 0.717) is 12.0 Å². The van der Waals surface area contributed by atoms with E-state index in [1.807, 2.05) is 6.92 Å². The van der Waals surface area contributed by atoms with Gasteiger partial charge in [0.25, 0.3) is 0 Å². The maximum Gasteiger partial charge on any atom is 0.416 e. The molecule has 1 aliphatic carbocycles. The minimum absolute atomic E-state index is 0.00587. The van der Waals surface area contributed by atoms with E-state index in [9.17, 15) is 18.3 Å². The van der Waals surface area contributed by atoms with Crippen LogP contribution >= 0.6 is 22.6 Å². The first-order chi connectivity index (χ1) is 15.8. The maximum absolute atomic E-state index is 13.1. The standard InChI is InChI=1S/C27H39F3INO2Si/c1-9-26(23(33)17-10-12-18(13-11-17)27(28,29)30)14-19(31)22-20(32-26)15-25(5,6)16-21(22)34-35(7,8)24(2,3)4/h10-14,21,23,32-33H,9,15-16H2,1-8H3/t21?,23-,26?/m0/s1. The van der Waals surface area contributed by atoms with Crippen LogP contribution in [-0.2, 0) is 10.6 Å². The van der Waals surface area contributed by atoms with Gasteiger partial charge in [-0.05, 0) is 89.2 Å². The summed E-state index contributed by atoms with van der Waals surface area (Å²) in [5, 5.41) is 15.2. The van der Waals surface area contributed by atoms with Crippen molar-refractivity contribution in [3.8, 4) is 0 Å². The van der Waals surface area contributed by atoms with Gasteiger partial charge in [0, 0.05) is 14.8 Å². The second-order valence-corrected chi connectivity index (χ2v) is 18.3. The molecule has 0 aromatic heterocycles. The van der Waals surface area contributed by atoms with Crippen LogP contribution in [-0.4, -0.2) is 25.1 Å². The monoisotopic (exact) mass is 621 g/mol. The quantitative estimate of drug-likeness (QED) is 0.257. The molecule has 1 heterocycles. The third kappa shape index (κ3) is 5.85. The number of halogens is 4. The van der Waals surface area contributed by atoms with E-state index in [1.165, 1.54) is 17.7 Å². The van der Waals surface area contributed by atoms with Crippen LogP contribution in [0.2, 0.25) is 18.1 Å². The Morgan fingerprint density at radius 3 is 2.23 bits per heavy atom. The summed E-state index contributed by atoms with van der Waals surface area (Å²) in [5.41, 5.74) is 1.17.